The minimum atomic E-state index is -0.747. The van der Waals surface area contributed by atoms with E-state index in [1.165, 1.54) is 6.92 Å². The van der Waals surface area contributed by atoms with Crippen LogP contribution < -0.4 is 0 Å². The van der Waals surface area contributed by atoms with E-state index in [2.05, 4.69) is 15.9 Å². The molecule has 1 aliphatic heterocycles. The maximum Gasteiger partial charge on any atom is 0.291 e. The normalized spacial score (nSPS) is 19.2. The number of amides is 1. The van der Waals surface area contributed by atoms with Gasteiger partial charge in [0.15, 0.2) is 11.5 Å². The largest absolute Gasteiger partial charge is 0.503 e. The van der Waals surface area contributed by atoms with Gasteiger partial charge in [-0.15, -0.1) is 0 Å². The first kappa shape index (κ1) is 13.8. The van der Waals surface area contributed by atoms with Gasteiger partial charge in [-0.1, -0.05) is 28.1 Å². The second kappa shape index (κ2) is 5.14. The highest BCUT2D eigenvalue weighted by molar-refractivity contribution is 9.10. The topological polar surface area (TPSA) is 77.8 Å². The van der Waals surface area contributed by atoms with E-state index in [4.69, 9.17) is 0 Å². The molecule has 5 nitrogen and oxygen atoms in total. The van der Waals surface area contributed by atoms with Gasteiger partial charge in [0.2, 0.25) is 0 Å². The molecule has 1 aromatic carbocycles. The average molecular weight is 326 g/mol. The molecule has 1 aromatic rings. The molecule has 1 aliphatic rings. The van der Waals surface area contributed by atoms with Crippen molar-refractivity contribution >= 4 is 27.6 Å². The Morgan fingerprint density at radius 1 is 1.37 bits per heavy atom. The maximum atomic E-state index is 11.8. The maximum absolute atomic E-state index is 11.8. The number of ketones is 1. The lowest BCUT2D eigenvalue weighted by molar-refractivity contribution is -0.133. The third-order valence-electron chi connectivity index (χ3n) is 3.02. The Balaban J connectivity index is 2.54. The summed E-state index contributed by atoms with van der Waals surface area (Å²) in [5.74, 6) is -1.72. The highest BCUT2D eigenvalue weighted by Gasteiger charge is 2.41. The van der Waals surface area contributed by atoms with Gasteiger partial charge >= 0.3 is 0 Å². The fourth-order valence-electron chi connectivity index (χ4n) is 2.15. The summed E-state index contributed by atoms with van der Waals surface area (Å²) in [7, 11) is 0. The smallest absolute Gasteiger partial charge is 0.291 e. The van der Waals surface area contributed by atoms with Crippen LogP contribution in [0.4, 0.5) is 0 Å². The van der Waals surface area contributed by atoms with Crippen LogP contribution in [0.5, 0.6) is 0 Å². The standard InChI is InChI=1S/C13H12BrNO4/c1-7(17)10-11(8-2-4-9(14)5-3-8)15(6-16)13(19)12(10)18/h2-5,11,16,18H,6H2,1H3/t11-/m1/s1. The number of carbonyl (C=O) groups excluding carboxylic acids is 2. The lowest BCUT2D eigenvalue weighted by atomic mass is 9.97. The lowest BCUT2D eigenvalue weighted by Gasteiger charge is -2.24. The highest BCUT2D eigenvalue weighted by Crippen LogP contribution is 2.37. The molecule has 2 N–H and O–H groups in total. The number of aliphatic hydroxyl groups excluding tert-OH is 2. The molecular formula is C13H12BrNO4. The number of hydrogen-bond acceptors (Lipinski definition) is 4. The molecule has 0 unspecified atom stereocenters. The number of halogens is 1. The van der Waals surface area contributed by atoms with Gasteiger partial charge in [-0.2, -0.15) is 0 Å². The summed E-state index contributed by atoms with van der Waals surface area (Å²) in [5, 5.41) is 19.0. The molecule has 0 aromatic heterocycles. The zero-order valence-electron chi connectivity index (χ0n) is 10.1. The molecule has 0 fully saturated rings. The van der Waals surface area contributed by atoms with Crippen LogP contribution in [-0.2, 0) is 9.59 Å². The number of rotatable bonds is 3. The van der Waals surface area contributed by atoms with Crippen LogP contribution in [0.3, 0.4) is 0 Å². The SMILES string of the molecule is CC(=O)C1=C(O)C(=O)N(CO)[C@@H]1c1ccc(Br)cc1. The van der Waals surface area contributed by atoms with Gasteiger partial charge in [0.1, 0.15) is 6.73 Å². The Morgan fingerprint density at radius 2 is 1.95 bits per heavy atom. The molecule has 19 heavy (non-hydrogen) atoms. The van der Waals surface area contributed by atoms with Crippen LogP contribution >= 0.6 is 15.9 Å². The first-order chi connectivity index (χ1) is 8.97. The minimum Gasteiger partial charge on any atom is -0.503 e. The Kier molecular flexibility index (Phi) is 3.73. The van der Waals surface area contributed by atoms with Crippen molar-refractivity contribution in [3.8, 4) is 0 Å². The summed E-state index contributed by atoms with van der Waals surface area (Å²) in [6.07, 6.45) is 0. The second-order valence-electron chi connectivity index (χ2n) is 4.19. The van der Waals surface area contributed by atoms with E-state index < -0.39 is 30.2 Å². The van der Waals surface area contributed by atoms with E-state index >= 15 is 0 Å². The van der Waals surface area contributed by atoms with Crippen LogP contribution in [0.25, 0.3) is 0 Å². The van der Waals surface area contributed by atoms with E-state index in [0.717, 1.165) is 9.37 Å². The first-order valence-corrected chi connectivity index (χ1v) is 6.38. The molecule has 0 aliphatic carbocycles. The third kappa shape index (κ3) is 2.29. The van der Waals surface area contributed by atoms with Gasteiger partial charge in [-0.25, -0.2) is 0 Å². The van der Waals surface area contributed by atoms with Crippen LogP contribution in [-0.4, -0.2) is 33.5 Å². The van der Waals surface area contributed by atoms with Crippen molar-refractivity contribution in [1.29, 1.82) is 0 Å². The van der Waals surface area contributed by atoms with Crippen LogP contribution in [0.1, 0.15) is 18.5 Å². The van der Waals surface area contributed by atoms with Crippen molar-refractivity contribution in [1.82, 2.24) is 4.90 Å². The highest BCUT2D eigenvalue weighted by atomic mass is 79.9. The van der Waals surface area contributed by atoms with Crippen molar-refractivity contribution in [3.05, 3.63) is 45.6 Å². The fraction of sp³-hybridized carbons (Fsp3) is 0.231. The van der Waals surface area contributed by atoms with Crippen molar-refractivity contribution in [3.63, 3.8) is 0 Å². The van der Waals surface area contributed by atoms with Crippen molar-refractivity contribution < 1.29 is 19.8 Å². The number of benzene rings is 1. The van der Waals surface area contributed by atoms with Gasteiger partial charge in [0.25, 0.3) is 5.91 Å². The molecular weight excluding hydrogens is 314 g/mol. The molecule has 2 rings (SSSR count). The molecule has 0 saturated heterocycles. The summed E-state index contributed by atoms with van der Waals surface area (Å²) in [4.78, 5) is 24.5. The number of Topliss-reactive ketones (excluding diaryl/α,β-unsaturated/α-hetero) is 1. The number of hydrogen-bond donors (Lipinski definition) is 2. The monoisotopic (exact) mass is 325 g/mol. The summed E-state index contributed by atoms with van der Waals surface area (Å²) < 4.78 is 0.855. The van der Waals surface area contributed by atoms with Gasteiger partial charge < -0.3 is 15.1 Å². The Bertz CT molecular complexity index is 565. The summed E-state index contributed by atoms with van der Waals surface area (Å²) >= 11 is 3.30. The molecule has 100 valence electrons. The third-order valence-corrected chi connectivity index (χ3v) is 3.55. The van der Waals surface area contributed by atoms with E-state index in [-0.39, 0.29) is 5.57 Å². The second-order valence-corrected chi connectivity index (χ2v) is 5.10. The Labute approximate surface area is 118 Å². The lowest BCUT2D eigenvalue weighted by Crippen LogP contribution is -2.31. The van der Waals surface area contributed by atoms with Gasteiger partial charge in [-0.3, -0.25) is 9.59 Å². The summed E-state index contributed by atoms with van der Waals surface area (Å²) in [5.41, 5.74) is 0.668. The van der Waals surface area contributed by atoms with E-state index in [1.54, 1.807) is 24.3 Å². The van der Waals surface area contributed by atoms with Crippen LogP contribution in [0.15, 0.2) is 40.1 Å². The average Bonchev–Trinajstić information content (AvgIpc) is 2.63. The zero-order valence-corrected chi connectivity index (χ0v) is 11.7. The quantitative estimate of drug-likeness (QED) is 0.886. The number of carbonyl (C=O) groups is 2. The van der Waals surface area contributed by atoms with E-state index in [9.17, 15) is 19.8 Å². The van der Waals surface area contributed by atoms with E-state index in [0.29, 0.717) is 5.56 Å². The molecule has 0 spiro atoms. The predicted octanol–water partition coefficient (Wildman–Crippen LogP) is 1.68. The molecule has 0 radical (unpaired) electrons. The van der Waals surface area contributed by atoms with Crippen LogP contribution in [0, 0.1) is 0 Å². The van der Waals surface area contributed by atoms with Crippen molar-refractivity contribution in [2.45, 2.75) is 13.0 Å². The molecule has 1 amide bonds. The molecule has 0 bridgehead atoms. The predicted molar refractivity (Wildman–Crippen MR) is 71.2 cm³/mol. The molecule has 1 atom stereocenters. The summed E-state index contributed by atoms with van der Waals surface area (Å²) in [6, 6.07) is 6.24. The Hall–Kier alpha value is -1.66. The van der Waals surface area contributed by atoms with Gasteiger partial charge in [-0.05, 0) is 24.6 Å². The Morgan fingerprint density at radius 3 is 2.42 bits per heavy atom. The number of nitrogens with zero attached hydrogens (tertiary/aromatic N) is 1. The molecule has 0 saturated carbocycles. The first-order valence-electron chi connectivity index (χ1n) is 5.58. The van der Waals surface area contributed by atoms with E-state index in [1.807, 2.05) is 0 Å². The zero-order chi connectivity index (χ0) is 14.2. The van der Waals surface area contributed by atoms with Crippen molar-refractivity contribution in [2.75, 3.05) is 6.73 Å². The molecule has 1 heterocycles. The number of aliphatic hydroxyl groups is 2. The van der Waals surface area contributed by atoms with Gasteiger partial charge in [0.05, 0.1) is 11.6 Å². The van der Waals surface area contributed by atoms with Crippen molar-refractivity contribution in [2.24, 2.45) is 0 Å². The van der Waals surface area contributed by atoms with Gasteiger partial charge in [0, 0.05) is 4.47 Å². The minimum absolute atomic E-state index is 0.0152. The summed E-state index contributed by atoms with van der Waals surface area (Å²) in [6.45, 7) is 0.714. The molecule has 6 heteroatoms. The van der Waals surface area contributed by atoms with Crippen LogP contribution in [0.2, 0.25) is 0 Å². The fourth-order valence-corrected chi connectivity index (χ4v) is 2.41.